The van der Waals surface area contributed by atoms with Gasteiger partial charge >= 0.3 is 6.18 Å². The van der Waals surface area contributed by atoms with Crippen LogP contribution in [0.2, 0.25) is 0 Å². The number of hydrogen-bond acceptors (Lipinski definition) is 4. The average molecular weight is 316 g/mol. The normalized spacial score (nSPS) is 19.0. The van der Waals surface area contributed by atoms with Crippen molar-refractivity contribution in [3.8, 4) is 5.88 Å². The quantitative estimate of drug-likeness (QED) is 0.924. The summed E-state index contributed by atoms with van der Waals surface area (Å²) in [5, 5.41) is 0. The van der Waals surface area contributed by atoms with E-state index in [1.807, 2.05) is 0 Å². The van der Waals surface area contributed by atoms with Crippen molar-refractivity contribution in [1.82, 2.24) is 4.98 Å². The first-order chi connectivity index (χ1) is 10.3. The molecule has 0 radical (unpaired) electrons. The van der Waals surface area contributed by atoms with Gasteiger partial charge in [-0.2, -0.15) is 13.2 Å². The Hall–Kier alpha value is -2.12. The van der Waals surface area contributed by atoms with E-state index < -0.39 is 24.6 Å². The van der Waals surface area contributed by atoms with E-state index >= 15 is 0 Å². The van der Waals surface area contributed by atoms with Crippen LogP contribution in [0.25, 0.3) is 0 Å². The minimum Gasteiger partial charge on any atom is -0.468 e. The Balaban J connectivity index is 2.31. The maximum Gasteiger partial charge on any atom is 0.422 e. The zero-order valence-electron chi connectivity index (χ0n) is 11.7. The summed E-state index contributed by atoms with van der Waals surface area (Å²) in [6, 6.07) is 2.39. The molecule has 1 heterocycles. The minimum atomic E-state index is -4.50. The van der Waals surface area contributed by atoms with Gasteiger partial charge in [-0.25, -0.2) is 4.98 Å². The van der Waals surface area contributed by atoms with E-state index in [0.29, 0.717) is 12.8 Å². The Bertz CT molecular complexity index is 587. The van der Waals surface area contributed by atoms with Crippen LogP contribution in [0.4, 0.5) is 13.2 Å². The SMILES string of the molecule is NC(=O)c1ccc(OCC(F)(F)F)nc1[C@@H]1CCCCC1=O. The number of pyridine rings is 1. The third-order valence-electron chi connectivity index (χ3n) is 3.43. The standard InChI is InChI=1S/C14H15F3N2O3/c15-14(16,17)7-22-11-6-5-9(13(18)21)12(19-11)8-3-1-2-4-10(8)20/h5-6,8H,1-4,7H2,(H2,18,21)/t8-/m1/s1. The number of ether oxygens (including phenoxy) is 1. The van der Waals surface area contributed by atoms with Gasteiger partial charge in [-0.3, -0.25) is 9.59 Å². The molecule has 0 spiro atoms. The summed E-state index contributed by atoms with van der Waals surface area (Å²) in [6.45, 7) is -1.49. The van der Waals surface area contributed by atoms with Gasteiger partial charge in [-0.15, -0.1) is 0 Å². The van der Waals surface area contributed by atoms with Crippen molar-refractivity contribution in [3.05, 3.63) is 23.4 Å². The molecule has 1 aliphatic rings. The van der Waals surface area contributed by atoms with Gasteiger partial charge in [0, 0.05) is 12.5 Å². The van der Waals surface area contributed by atoms with Crippen LogP contribution in [-0.2, 0) is 4.79 Å². The van der Waals surface area contributed by atoms with Crippen molar-refractivity contribution in [1.29, 1.82) is 0 Å². The summed E-state index contributed by atoms with van der Waals surface area (Å²) in [5.74, 6) is -1.76. The summed E-state index contributed by atoms with van der Waals surface area (Å²) < 4.78 is 41.1. The maximum absolute atomic E-state index is 12.2. The van der Waals surface area contributed by atoms with Gasteiger partial charge in [0.05, 0.1) is 17.2 Å². The van der Waals surface area contributed by atoms with Gasteiger partial charge in [0.25, 0.3) is 5.91 Å². The number of carbonyl (C=O) groups is 2. The van der Waals surface area contributed by atoms with Crippen molar-refractivity contribution in [2.75, 3.05) is 6.61 Å². The van der Waals surface area contributed by atoms with Crippen LogP contribution in [0.3, 0.4) is 0 Å². The first-order valence-corrected chi connectivity index (χ1v) is 6.81. The molecule has 2 rings (SSSR count). The molecule has 0 unspecified atom stereocenters. The first-order valence-electron chi connectivity index (χ1n) is 6.81. The molecule has 1 fully saturated rings. The molecule has 1 atom stereocenters. The molecule has 0 aromatic carbocycles. The zero-order chi connectivity index (χ0) is 16.3. The lowest BCUT2D eigenvalue weighted by molar-refractivity contribution is -0.154. The van der Waals surface area contributed by atoms with Crippen LogP contribution < -0.4 is 10.5 Å². The van der Waals surface area contributed by atoms with Crippen LogP contribution >= 0.6 is 0 Å². The number of primary amides is 1. The molecule has 0 saturated heterocycles. The molecular weight excluding hydrogens is 301 g/mol. The molecule has 1 aromatic rings. The number of alkyl halides is 3. The monoisotopic (exact) mass is 316 g/mol. The molecular formula is C14H15F3N2O3. The van der Waals surface area contributed by atoms with E-state index in [9.17, 15) is 22.8 Å². The molecule has 1 amide bonds. The van der Waals surface area contributed by atoms with E-state index in [-0.39, 0.29) is 22.9 Å². The number of carbonyl (C=O) groups excluding carboxylic acids is 2. The summed E-state index contributed by atoms with van der Waals surface area (Å²) in [4.78, 5) is 27.4. The van der Waals surface area contributed by atoms with Crippen molar-refractivity contribution in [2.45, 2.75) is 37.8 Å². The highest BCUT2D eigenvalue weighted by molar-refractivity contribution is 5.97. The lowest BCUT2D eigenvalue weighted by Gasteiger charge is -2.22. The number of rotatable bonds is 4. The van der Waals surface area contributed by atoms with Crippen molar-refractivity contribution >= 4 is 11.7 Å². The molecule has 1 aromatic heterocycles. The number of aromatic nitrogens is 1. The predicted molar refractivity (Wildman–Crippen MR) is 70.5 cm³/mol. The first kappa shape index (κ1) is 16.3. The lowest BCUT2D eigenvalue weighted by Crippen LogP contribution is -2.24. The molecule has 1 aliphatic carbocycles. The van der Waals surface area contributed by atoms with Gasteiger partial charge in [0.1, 0.15) is 5.78 Å². The number of halogens is 3. The molecule has 5 nitrogen and oxygen atoms in total. The van der Waals surface area contributed by atoms with Gasteiger partial charge in [-0.05, 0) is 18.9 Å². The van der Waals surface area contributed by atoms with Crippen LogP contribution in [0.5, 0.6) is 5.88 Å². The second kappa shape index (κ2) is 6.33. The van der Waals surface area contributed by atoms with Crippen molar-refractivity contribution in [3.63, 3.8) is 0 Å². The highest BCUT2D eigenvalue weighted by atomic mass is 19.4. The number of amides is 1. The topological polar surface area (TPSA) is 82.3 Å². The fourth-order valence-corrected chi connectivity index (χ4v) is 2.44. The Kier molecular flexibility index (Phi) is 4.68. The van der Waals surface area contributed by atoms with E-state index in [1.165, 1.54) is 6.07 Å². The van der Waals surface area contributed by atoms with Crippen molar-refractivity contribution in [2.24, 2.45) is 5.73 Å². The van der Waals surface area contributed by atoms with Gasteiger partial charge in [-0.1, -0.05) is 6.42 Å². The van der Waals surface area contributed by atoms with Gasteiger partial charge in [0.2, 0.25) is 5.88 Å². The Morgan fingerprint density at radius 3 is 2.68 bits per heavy atom. The van der Waals surface area contributed by atoms with Crippen LogP contribution in [0.15, 0.2) is 12.1 Å². The predicted octanol–water partition coefficient (Wildman–Crippen LogP) is 2.35. The average Bonchev–Trinajstić information content (AvgIpc) is 2.44. The highest BCUT2D eigenvalue weighted by Crippen LogP contribution is 2.32. The molecule has 22 heavy (non-hydrogen) atoms. The van der Waals surface area contributed by atoms with Gasteiger partial charge < -0.3 is 10.5 Å². The summed E-state index contributed by atoms with van der Waals surface area (Å²) in [5.41, 5.74) is 5.40. The van der Waals surface area contributed by atoms with Crippen molar-refractivity contribution < 1.29 is 27.5 Å². The van der Waals surface area contributed by atoms with E-state index in [1.54, 1.807) is 0 Å². The molecule has 1 saturated carbocycles. The minimum absolute atomic E-state index is 0.0413. The highest BCUT2D eigenvalue weighted by Gasteiger charge is 2.31. The number of hydrogen-bond donors (Lipinski definition) is 1. The Morgan fingerprint density at radius 2 is 2.09 bits per heavy atom. The molecule has 8 heteroatoms. The summed E-state index contributed by atoms with van der Waals surface area (Å²) in [6.07, 6.45) is -2.10. The summed E-state index contributed by atoms with van der Waals surface area (Å²) in [7, 11) is 0. The largest absolute Gasteiger partial charge is 0.468 e. The number of ketones is 1. The number of nitrogens with zero attached hydrogens (tertiary/aromatic N) is 1. The van der Waals surface area contributed by atoms with Crippen LogP contribution in [0, 0.1) is 0 Å². The van der Waals surface area contributed by atoms with E-state index in [2.05, 4.69) is 9.72 Å². The molecule has 120 valence electrons. The fourth-order valence-electron chi connectivity index (χ4n) is 2.44. The fraction of sp³-hybridized carbons (Fsp3) is 0.500. The Morgan fingerprint density at radius 1 is 1.36 bits per heavy atom. The number of nitrogens with two attached hydrogens (primary N) is 1. The van der Waals surface area contributed by atoms with E-state index in [4.69, 9.17) is 5.73 Å². The lowest BCUT2D eigenvalue weighted by atomic mass is 9.83. The maximum atomic E-state index is 12.2. The summed E-state index contributed by atoms with van der Waals surface area (Å²) >= 11 is 0. The zero-order valence-corrected chi connectivity index (χ0v) is 11.7. The molecule has 0 bridgehead atoms. The second-order valence-corrected chi connectivity index (χ2v) is 5.12. The van der Waals surface area contributed by atoms with Crippen LogP contribution in [0.1, 0.15) is 47.7 Å². The molecule has 2 N–H and O–H groups in total. The smallest absolute Gasteiger partial charge is 0.422 e. The van der Waals surface area contributed by atoms with Crippen LogP contribution in [-0.4, -0.2) is 29.5 Å². The third kappa shape index (κ3) is 3.96. The second-order valence-electron chi connectivity index (χ2n) is 5.12. The Labute approximate surface area is 124 Å². The van der Waals surface area contributed by atoms with E-state index in [0.717, 1.165) is 18.9 Å². The number of Topliss-reactive ketones (excluding diaryl/α,β-unsaturated/α-hetero) is 1. The third-order valence-corrected chi connectivity index (χ3v) is 3.43. The molecule has 0 aliphatic heterocycles. The van der Waals surface area contributed by atoms with Gasteiger partial charge in [0.15, 0.2) is 6.61 Å².